The van der Waals surface area contributed by atoms with Gasteiger partial charge in [0.2, 0.25) is 0 Å². The summed E-state index contributed by atoms with van der Waals surface area (Å²) in [4.78, 5) is 17.7. The molecule has 0 atom stereocenters. The number of nitrogens with two attached hydrogens (primary N) is 1. The van der Waals surface area contributed by atoms with E-state index in [1.54, 1.807) is 0 Å². The van der Waals surface area contributed by atoms with Crippen LogP contribution in [0.3, 0.4) is 0 Å². The molecule has 0 saturated heterocycles. The van der Waals surface area contributed by atoms with E-state index in [1.165, 1.54) is 6.08 Å². The lowest BCUT2D eigenvalue weighted by Crippen LogP contribution is -2.13. The molecule has 0 aromatic rings. The zero-order valence-electron chi connectivity index (χ0n) is 4.29. The van der Waals surface area contributed by atoms with Gasteiger partial charge in [0.1, 0.15) is 6.61 Å². The third-order valence-electron chi connectivity index (χ3n) is 0.327. The quantitative estimate of drug-likeness (QED) is 0.248. The SMILES string of the molecule is C=CCOOC(N)=O. The van der Waals surface area contributed by atoms with Crippen LogP contribution in [-0.4, -0.2) is 12.7 Å². The molecule has 0 aromatic heterocycles. The Balaban J connectivity index is 2.93. The fourth-order valence-electron chi connectivity index (χ4n) is 0.140. The Morgan fingerprint density at radius 3 is 2.88 bits per heavy atom. The van der Waals surface area contributed by atoms with Crippen molar-refractivity contribution in [2.45, 2.75) is 0 Å². The van der Waals surface area contributed by atoms with Crippen molar-refractivity contribution in [1.29, 1.82) is 0 Å². The molecule has 0 aliphatic rings. The number of carbonyl (C=O) groups excluding carboxylic acids is 1. The van der Waals surface area contributed by atoms with Gasteiger partial charge in [-0.05, 0) is 0 Å². The van der Waals surface area contributed by atoms with Gasteiger partial charge >= 0.3 is 6.09 Å². The van der Waals surface area contributed by atoms with Crippen molar-refractivity contribution in [2.75, 3.05) is 6.61 Å². The largest absolute Gasteiger partial charge is 0.436 e. The van der Waals surface area contributed by atoms with E-state index in [0.717, 1.165) is 0 Å². The first-order chi connectivity index (χ1) is 3.77. The Morgan fingerprint density at radius 1 is 1.88 bits per heavy atom. The molecule has 2 N–H and O–H groups in total. The summed E-state index contributed by atoms with van der Waals surface area (Å²) in [6.45, 7) is 3.46. The highest BCUT2D eigenvalue weighted by molar-refractivity contribution is 5.63. The van der Waals surface area contributed by atoms with Crippen LogP contribution >= 0.6 is 0 Å². The molecule has 1 amide bonds. The summed E-state index contributed by atoms with van der Waals surface area (Å²) in [6.07, 6.45) is 0.481. The first-order valence-corrected chi connectivity index (χ1v) is 1.97. The molecule has 46 valence electrons. The Hall–Kier alpha value is -1.03. The molecule has 0 saturated carbocycles. The molecule has 8 heavy (non-hydrogen) atoms. The molecule has 0 rings (SSSR count). The van der Waals surface area contributed by atoms with Crippen LogP contribution in [0.5, 0.6) is 0 Å². The van der Waals surface area contributed by atoms with E-state index in [2.05, 4.69) is 22.1 Å². The summed E-state index contributed by atoms with van der Waals surface area (Å²) in [5.74, 6) is 0. The predicted molar refractivity (Wildman–Crippen MR) is 26.8 cm³/mol. The predicted octanol–water partition coefficient (Wildman–Crippen LogP) is 0.199. The number of hydrogen-bond donors (Lipinski definition) is 1. The average molecular weight is 117 g/mol. The Kier molecular flexibility index (Phi) is 3.60. The maximum Gasteiger partial charge on any atom is 0.436 e. The van der Waals surface area contributed by atoms with Crippen LogP contribution < -0.4 is 5.73 Å². The van der Waals surface area contributed by atoms with Crippen LogP contribution in [0, 0.1) is 0 Å². The van der Waals surface area contributed by atoms with Gasteiger partial charge in [0.05, 0.1) is 0 Å². The van der Waals surface area contributed by atoms with Gasteiger partial charge in [-0.2, -0.15) is 4.89 Å². The van der Waals surface area contributed by atoms with E-state index in [4.69, 9.17) is 0 Å². The highest BCUT2D eigenvalue weighted by Crippen LogP contribution is 1.75. The smallest absolute Gasteiger partial charge is 0.333 e. The molecule has 0 aromatic carbocycles. The fourth-order valence-corrected chi connectivity index (χ4v) is 0.140. The topological polar surface area (TPSA) is 61.6 Å². The van der Waals surface area contributed by atoms with Crippen molar-refractivity contribution in [3.63, 3.8) is 0 Å². The van der Waals surface area contributed by atoms with Gasteiger partial charge in [-0.15, -0.1) is 6.58 Å². The van der Waals surface area contributed by atoms with Crippen LogP contribution in [0.4, 0.5) is 4.79 Å². The summed E-state index contributed by atoms with van der Waals surface area (Å²) >= 11 is 0. The van der Waals surface area contributed by atoms with E-state index in [0.29, 0.717) is 0 Å². The van der Waals surface area contributed by atoms with Gasteiger partial charge in [-0.25, -0.2) is 4.79 Å². The van der Waals surface area contributed by atoms with Crippen LogP contribution in [0.25, 0.3) is 0 Å². The summed E-state index contributed by atoms with van der Waals surface area (Å²) in [7, 11) is 0. The van der Waals surface area contributed by atoms with Crippen LogP contribution in [-0.2, 0) is 9.78 Å². The second kappa shape index (κ2) is 4.14. The molecule has 0 bridgehead atoms. The summed E-state index contributed by atoms with van der Waals surface area (Å²) in [5.41, 5.74) is 4.51. The Bertz CT molecular complexity index is 91.3. The maximum absolute atomic E-state index is 9.71. The van der Waals surface area contributed by atoms with Gasteiger partial charge in [0.25, 0.3) is 0 Å². The summed E-state index contributed by atoms with van der Waals surface area (Å²) in [6, 6.07) is 0. The Morgan fingerprint density at radius 2 is 2.50 bits per heavy atom. The summed E-state index contributed by atoms with van der Waals surface area (Å²) < 4.78 is 0. The molecule has 0 aliphatic carbocycles. The molecule has 0 aliphatic heterocycles. The van der Waals surface area contributed by atoms with Crippen molar-refractivity contribution >= 4 is 6.09 Å². The molecule has 0 radical (unpaired) electrons. The molecule has 0 spiro atoms. The van der Waals surface area contributed by atoms with Crippen molar-refractivity contribution in [2.24, 2.45) is 5.73 Å². The monoisotopic (exact) mass is 117 g/mol. The van der Waals surface area contributed by atoms with E-state index in [9.17, 15) is 4.79 Å². The highest BCUT2D eigenvalue weighted by atomic mass is 17.2. The van der Waals surface area contributed by atoms with Gasteiger partial charge < -0.3 is 5.73 Å². The van der Waals surface area contributed by atoms with Crippen LogP contribution in [0.15, 0.2) is 12.7 Å². The third kappa shape index (κ3) is 4.97. The minimum Gasteiger partial charge on any atom is -0.333 e. The minimum absolute atomic E-state index is 0.156. The number of primary amides is 1. The first kappa shape index (κ1) is 6.97. The van der Waals surface area contributed by atoms with Crippen LogP contribution in [0.2, 0.25) is 0 Å². The first-order valence-electron chi connectivity index (χ1n) is 1.97. The average Bonchev–Trinajstić information content (AvgIpc) is 1.66. The van der Waals surface area contributed by atoms with Crippen molar-refractivity contribution in [1.82, 2.24) is 0 Å². The number of hydrogen-bond acceptors (Lipinski definition) is 3. The molecule has 0 fully saturated rings. The van der Waals surface area contributed by atoms with Crippen molar-refractivity contribution in [3.05, 3.63) is 12.7 Å². The van der Waals surface area contributed by atoms with E-state index in [-0.39, 0.29) is 6.61 Å². The van der Waals surface area contributed by atoms with E-state index in [1.807, 2.05) is 0 Å². The van der Waals surface area contributed by atoms with Crippen LogP contribution in [0.1, 0.15) is 0 Å². The lowest BCUT2D eigenvalue weighted by molar-refractivity contribution is -0.226. The number of amides is 1. The van der Waals surface area contributed by atoms with Gasteiger partial charge in [-0.3, -0.25) is 4.89 Å². The van der Waals surface area contributed by atoms with E-state index >= 15 is 0 Å². The minimum atomic E-state index is -0.952. The Labute approximate surface area is 46.8 Å². The molecular formula is C4H7NO3. The second-order valence-electron chi connectivity index (χ2n) is 0.976. The standard InChI is InChI=1S/C4H7NO3/c1-2-3-7-8-4(5)6/h2H,1,3H2,(H2,5,6). The van der Waals surface area contributed by atoms with Crippen molar-refractivity contribution in [3.8, 4) is 0 Å². The summed E-state index contributed by atoms with van der Waals surface area (Å²) in [5, 5.41) is 0. The maximum atomic E-state index is 9.71. The highest BCUT2D eigenvalue weighted by Gasteiger charge is 1.88. The molecular weight excluding hydrogens is 110 g/mol. The fraction of sp³-hybridized carbons (Fsp3) is 0.250. The van der Waals surface area contributed by atoms with Crippen molar-refractivity contribution < 1.29 is 14.6 Å². The molecule has 0 heterocycles. The normalized spacial score (nSPS) is 8.00. The zero-order chi connectivity index (χ0) is 6.41. The third-order valence-corrected chi connectivity index (χ3v) is 0.327. The number of carbonyl (C=O) groups is 1. The molecule has 4 nitrogen and oxygen atoms in total. The molecule has 0 unspecified atom stereocenters. The molecule has 4 heteroatoms. The van der Waals surface area contributed by atoms with Gasteiger partial charge in [-0.1, -0.05) is 6.08 Å². The lowest BCUT2D eigenvalue weighted by Gasteiger charge is -1.93. The lowest BCUT2D eigenvalue weighted by atomic mass is 10.7. The van der Waals surface area contributed by atoms with E-state index < -0.39 is 6.09 Å². The number of rotatable bonds is 3. The second-order valence-corrected chi connectivity index (χ2v) is 0.976. The zero-order valence-corrected chi connectivity index (χ0v) is 4.29. The van der Waals surface area contributed by atoms with Gasteiger partial charge in [0.15, 0.2) is 0 Å². The van der Waals surface area contributed by atoms with Gasteiger partial charge in [0, 0.05) is 0 Å².